The topological polar surface area (TPSA) is 71.4 Å². The van der Waals surface area contributed by atoms with Crippen molar-refractivity contribution in [1.29, 1.82) is 0 Å². The first kappa shape index (κ1) is 20.6. The van der Waals surface area contributed by atoms with Crippen molar-refractivity contribution in [2.45, 2.75) is 84.0 Å². The third-order valence-electron chi connectivity index (χ3n) is 3.56. The predicted octanol–water partition coefficient (Wildman–Crippen LogP) is 4.47. The van der Waals surface area contributed by atoms with Crippen LogP contribution in [-0.4, -0.2) is 22.6 Å². The number of hydrogen-bond donors (Lipinski definition) is 1. The Hall–Kier alpha value is -1.45. The molecule has 126 valence electrons. The second-order valence-electron chi connectivity index (χ2n) is 5.70. The highest BCUT2D eigenvalue weighted by molar-refractivity contribution is 6.41. The molecule has 0 aliphatic heterocycles. The maximum atomic E-state index is 11.5. The molecular formula is C18H30O4. The molecule has 0 heterocycles. The van der Waals surface area contributed by atoms with E-state index in [0.717, 1.165) is 64.2 Å². The molecule has 0 radical (unpaired) electrons. The number of carbonyl (C=O) groups is 3. The van der Waals surface area contributed by atoms with Gasteiger partial charge in [-0.25, -0.2) is 0 Å². The fourth-order valence-electron chi connectivity index (χ4n) is 2.19. The van der Waals surface area contributed by atoms with Gasteiger partial charge in [-0.2, -0.15) is 0 Å². The van der Waals surface area contributed by atoms with Crippen molar-refractivity contribution in [3.63, 3.8) is 0 Å². The van der Waals surface area contributed by atoms with Crippen molar-refractivity contribution in [3.05, 3.63) is 12.2 Å². The fourth-order valence-corrected chi connectivity index (χ4v) is 2.19. The minimum Gasteiger partial charge on any atom is -0.481 e. The summed E-state index contributed by atoms with van der Waals surface area (Å²) < 4.78 is 0. The quantitative estimate of drug-likeness (QED) is 0.275. The van der Waals surface area contributed by atoms with Gasteiger partial charge < -0.3 is 5.11 Å². The molecule has 0 saturated carbocycles. The maximum absolute atomic E-state index is 11.5. The number of allylic oxidation sites excluding steroid dienone is 2. The van der Waals surface area contributed by atoms with E-state index in [4.69, 9.17) is 5.11 Å². The molecule has 22 heavy (non-hydrogen) atoms. The van der Waals surface area contributed by atoms with Crippen LogP contribution < -0.4 is 0 Å². The summed E-state index contributed by atoms with van der Waals surface area (Å²) in [5.74, 6) is -1.37. The lowest BCUT2D eigenvalue weighted by Crippen LogP contribution is -2.10. The Morgan fingerprint density at radius 2 is 1.41 bits per heavy atom. The number of Topliss-reactive ketones (excluding diaryl/α,β-unsaturated/α-hetero) is 1. The Morgan fingerprint density at radius 3 is 2.05 bits per heavy atom. The molecule has 0 amide bonds. The summed E-state index contributed by atoms with van der Waals surface area (Å²) in [7, 11) is 0. The summed E-state index contributed by atoms with van der Waals surface area (Å²) in [6, 6.07) is 0. The lowest BCUT2D eigenvalue weighted by Gasteiger charge is -1.99. The van der Waals surface area contributed by atoms with Crippen LogP contribution in [0, 0.1) is 0 Å². The SMILES string of the molecule is CCCCCC(=O)C(=O)/C=C/CCCCCCCCC(=O)O. The Kier molecular flexibility index (Phi) is 13.5. The van der Waals surface area contributed by atoms with Crippen LogP contribution in [0.2, 0.25) is 0 Å². The van der Waals surface area contributed by atoms with E-state index < -0.39 is 5.97 Å². The number of carboxylic acids is 1. The first-order chi connectivity index (χ1) is 10.6. The standard InChI is InChI=1S/C18H30O4/c1-2-3-10-13-16(19)17(20)14-11-8-6-4-5-7-9-12-15-18(21)22/h11,14H,2-10,12-13,15H2,1H3,(H,21,22)/b14-11+. The zero-order valence-electron chi connectivity index (χ0n) is 13.8. The average molecular weight is 310 g/mol. The summed E-state index contributed by atoms with van der Waals surface area (Å²) in [6.07, 6.45) is 13.5. The molecule has 0 aromatic rings. The van der Waals surface area contributed by atoms with E-state index in [0.29, 0.717) is 6.42 Å². The van der Waals surface area contributed by atoms with E-state index in [-0.39, 0.29) is 18.0 Å². The lowest BCUT2D eigenvalue weighted by molar-refractivity contribution is -0.137. The summed E-state index contributed by atoms with van der Waals surface area (Å²) in [4.78, 5) is 33.3. The van der Waals surface area contributed by atoms with E-state index in [1.54, 1.807) is 6.08 Å². The van der Waals surface area contributed by atoms with Gasteiger partial charge in [-0.15, -0.1) is 0 Å². The van der Waals surface area contributed by atoms with Crippen LogP contribution >= 0.6 is 0 Å². The van der Waals surface area contributed by atoms with Crippen LogP contribution in [0.15, 0.2) is 12.2 Å². The van der Waals surface area contributed by atoms with Gasteiger partial charge in [-0.05, 0) is 31.8 Å². The second kappa shape index (κ2) is 14.5. The Morgan fingerprint density at radius 1 is 0.818 bits per heavy atom. The van der Waals surface area contributed by atoms with Crippen molar-refractivity contribution in [2.75, 3.05) is 0 Å². The number of aliphatic carboxylic acids is 1. The summed E-state index contributed by atoms with van der Waals surface area (Å²) in [5, 5.41) is 8.50. The number of unbranched alkanes of at least 4 members (excludes halogenated alkanes) is 8. The highest BCUT2D eigenvalue weighted by Crippen LogP contribution is 2.09. The van der Waals surface area contributed by atoms with Crippen LogP contribution in [0.5, 0.6) is 0 Å². The molecule has 0 spiro atoms. The zero-order valence-corrected chi connectivity index (χ0v) is 13.8. The largest absolute Gasteiger partial charge is 0.481 e. The van der Waals surface area contributed by atoms with Crippen LogP contribution in [0.3, 0.4) is 0 Å². The van der Waals surface area contributed by atoms with Gasteiger partial charge in [0.1, 0.15) is 0 Å². The molecule has 0 bridgehead atoms. The van der Waals surface area contributed by atoms with Gasteiger partial charge in [0.25, 0.3) is 0 Å². The van der Waals surface area contributed by atoms with Gasteiger partial charge in [0.05, 0.1) is 0 Å². The number of carbonyl (C=O) groups excluding carboxylic acids is 2. The van der Waals surface area contributed by atoms with Gasteiger partial charge in [0.2, 0.25) is 11.6 Å². The minimum atomic E-state index is -0.723. The Labute approximate surface area is 134 Å². The van der Waals surface area contributed by atoms with Crippen LogP contribution in [0.25, 0.3) is 0 Å². The molecule has 0 saturated heterocycles. The molecule has 0 aliphatic carbocycles. The number of carboxylic acid groups (broad SMARTS) is 1. The number of ketones is 2. The number of hydrogen-bond acceptors (Lipinski definition) is 3. The van der Waals surface area contributed by atoms with Crippen LogP contribution in [-0.2, 0) is 14.4 Å². The van der Waals surface area contributed by atoms with E-state index in [1.807, 2.05) is 0 Å². The highest BCUT2D eigenvalue weighted by Gasteiger charge is 2.08. The lowest BCUT2D eigenvalue weighted by atomic mass is 10.1. The van der Waals surface area contributed by atoms with Gasteiger partial charge in [-0.3, -0.25) is 14.4 Å². The summed E-state index contributed by atoms with van der Waals surface area (Å²) >= 11 is 0. The first-order valence-corrected chi connectivity index (χ1v) is 8.53. The summed E-state index contributed by atoms with van der Waals surface area (Å²) in [5.41, 5.74) is 0. The molecule has 0 aliphatic rings. The Bertz CT molecular complexity index is 358. The highest BCUT2D eigenvalue weighted by atomic mass is 16.4. The molecule has 0 aromatic carbocycles. The van der Waals surface area contributed by atoms with Crippen molar-refractivity contribution >= 4 is 17.5 Å². The van der Waals surface area contributed by atoms with Gasteiger partial charge in [0.15, 0.2) is 0 Å². The smallest absolute Gasteiger partial charge is 0.303 e. The third kappa shape index (κ3) is 13.5. The Balaban J connectivity index is 3.47. The average Bonchev–Trinajstić information content (AvgIpc) is 2.48. The molecule has 0 unspecified atom stereocenters. The normalized spacial score (nSPS) is 11.0. The molecule has 0 atom stereocenters. The van der Waals surface area contributed by atoms with E-state index >= 15 is 0 Å². The molecule has 0 fully saturated rings. The van der Waals surface area contributed by atoms with Crippen LogP contribution in [0.4, 0.5) is 0 Å². The van der Waals surface area contributed by atoms with Crippen molar-refractivity contribution < 1.29 is 19.5 Å². The molecule has 0 aromatic heterocycles. The second-order valence-corrected chi connectivity index (χ2v) is 5.70. The van der Waals surface area contributed by atoms with Gasteiger partial charge >= 0.3 is 5.97 Å². The van der Waals surface area contributed by atoms with E-state index in [1.165, 1.54) is 6.08 Å². The third-order valence-corrected chi connectivity index (χ3v) is 3.56. The minimum absolute atomic E-state index is 0.261. The maximum Gasteiger partial charge on any atom is 0.303 e. The summed E-state index contributed by atoms with van der Waals surface area (Å²) in [6.45, 7) is 2.07. The van der Waals surface area contributed by atoms with Gasteiger partial charge in [-0.1, -0.05) is 51.5 Å². The molecule has 1 N–H and O–H groups in total. The fraction of sp³-hybridized carbons (Fsp3) is 0.722. The molecular weight excluding hydrogens is 280 g/mol. The van der Waals surface area contributed by atoms with Gasteiger partial charge in [0, 0.05) is 12.8 Å². The molecule has 0 rings (SSSR count). The van der Waals surface area contributed by atoms with Crippen molar-refractivity contribution in [3.8, 4) is 0 Å². The molecule has 4 nitrogen and oxygen atoms in total. The predicted molar refractivity (Wildman–Crippen MR) is 87.9 cm³/mol. The van der Waals surface area contributed by atoms with E-state index in [9.17, 15) is 14.4 Å². The zero-order chi connectivity index (χ0) is 16.6. The molecule has 4 heteroatoms. The monoisotopic (exact) mass is 310 g/mol. The van der Waals surface area contributed by atoms with Crippen molar-refractivity contribution in [2.24, 2.45) is 0 Å². The van der Waals surface area contributed by atoms with Crippen molar-refractivity contribution in [1.82, 2.24) is 0 Å². The first-order valence-electron chi connectivity index (χ1n) is 8.53. The van der Waals surface area contributed by atoms with E-state index in [2.05, 4.69) is 6.92 Å². The number of rotatable bonds is 15. The van der Waals surface area contributed by atoms with Crippen LogP contribution in [0.1, 0.15) is 84.0 Å².